The van der Waals surface area contributed by atoms with E-state index in [4.69, 9.17) is 4.74 Å². The molecule has 2 heterocycles. The molecule has 0 aliphatic rings. The fourth-order valence-corrected chi connectivity index (χ4v) is 4.93. The van der Waals surface area contributed by atoms with Crippen molar-refractivity contribution in [1.82, 2.24) is 4.98 Å². The van der Waals surface area contributed by atoms with Crippen LogP contribution in [0.3, 0.4) is 0 Å². The lowest BCUT2D eigenvalue weighted by molar-refractivity contribution is 0.102. The first-order valence-corrected chi connectivity index (χ1v) is 11.0. The molecule has 0 radical (unpaired) electrons. The van der Waals surface area contributed by atoms with Crippen LogP contribution in [0.1, 0.15) is 20.0 Å². The van der Waals surface area contributed by atoms with Crippen molar-refractivity contribution in [2.75, 3.05) is 36.7 Å². The van der Waals surface area contributed by atoms with Gasteiger partial charge in [-0.05, 0) is 30.3 Å². The van der Waals surface area contributed by atoms with Gasteiger partial charge in [0, 0.05) is 25.8 Å². The number of amides is 2. The molecule has 2 N–H and O–H groups in total. The van der Waals surface area contributed by atoms with Crippen LogP contribution in [0.4, 0.5) is 16.5 Å². The number of hydrogen-bond donors (Lipinski definition) is 2. The van der Waals surface area contributed by atoms with Crippen LogP contribution >= 0.6 is 22.7 Å². The average Bonchev–Trinajstić information content (AvgIpc) is 3.34. The lowest BCUT2D eigenvalue weighted by Gasteiger charge is -2.11. The second kappa shape index (κ2) is 8.75. The largest absolute Gasteiger partial charge is 0.497 e. The highest BCUT2D eigenvalue weighted by Crippen LogP contribution is 2.34. The van der Waals surface area contributed by atoms with E-state index in [9.17, 15) is 9.59 Å². The summed E-state index contributed by atoms with van der Waals surface area (Å²) >= 11 is 2.86. The Hall–Kier alpha value is -3.43. The molecule has 0 spiro atoms. The van der Waals surface area contributed by atoms with Gasteiger partial charge in [0.25, 0.3) is 11.8 Å². The third kappa shape index (κ3) is 4.52. The molecule has 4 rings (SSSR count). The molecule has 2 aromatic carbocycles. The molecule has 0 bridgehead atoms. The molecule has 0 unspecified atom stereocenters. The van der Waals surface area contributed by atoms with Gasteiger partial charge in [-0.25, -0.2) is 4.98 Å². The van der Waals surface area contributed by atoms with Crippen LogP contribution in [0.25, 0.3) is 9.53 Å². The highest BCUT2D eigenvalue weighted by Gasteiger charge is 2.18. The lowest BCUT2D eigenvalue weighted by atomic mass is 10.1. The van der Waals surface area contributed by atoms with Gasteiger partial charge in [0.2, 0.25) is 0 Å². The zero-order valence-electron chi connectivity index (χ0n) is 17.1. The topological polar surface area (TPSA) is 83.6 Å². The number of nitrogens with zero attached hydrogens (tertiary/aromatic N) is 2. The van der Waals surface area contributed by atoms with E-state index in [0.29, 0.717) is 27.6 Å². The van der Waals surface area contributed by atoms with E-state index in [1.807, 2.05) is 25.1 Å². The standard InChI is InChI=1S/C22H20N4O3S2/c1-26(2)22-25-21-18(31-22)12-17(30-21)20(28)24-16-10-5-4-9-15(16)19(27)23-13-7-6-8-14(11-13)29-3/h4-12H,1-3H3,(H,23,27)(H,24,28). The Balaban J connectivity index is 1.53. The highest BCUT2D eigenvalue weighted by molar-refractivity contribution is 7.29. The number of hydrogen-bond acceptors (Lipinski definition) is 7. The number of carbonyl (C=O) groups excluding carboxylic acids is 2. The van der Waals surface area contributed by atoms with Crippen molar-refractivity contribution in [1.29, 1.82) is 0 Å². The Bertz CT molecular complexity index is 1230. The molecule has 2 amide bonds. The maximum absolute atomic E-state index is 12.8. The molecule has 9 heteroatoms. The summed E-state index contributed by atoms with van der Waals surface area (Å²) in [6, 6.07) is 15.8. The molecule has 0 atom stereocenters. The minimum atomic E-state index is -0.325. The Kier molecular flexibility index (Phi) is 5.88. The Morgan fingerprint density at radius 2 is 1.77 bits per heavy atom. The number of nitrogens with one attached hydrogen (secondary N) is 2. The van der Waals surface area contributed by atoms with E-state index in [0.717, 1.165) is 14.7 Å². The van der Waals surface area contributed by atoms with Gasteiger partial charge in [-0.3, -0.25) is 9.59 Å². The molecule has 7 nitrogen and oxygen atoms in total. The van der Waals surface area contributed by atoms with Crippen LogP contribution < -0.4 is 20.3 Å². The molecular weight excluding hydrogens is 432 g/mol. The number of methoxy groups -OCH3 is 1. The molecule has 0 aliphatic carbocycles. The Labute approximate surface area is 187 Å². The molecule has 158 valence electrons. The number of anilines is 3. The van der Waals surface area contributed by atoms with Crippen molar-refractivity contribution in [2.45, 2.75) is 0 Å². The minimum absolute atomic E-state index is 0.275. The van der Waals surface area contributed by atoms with E-state index in [1.54, 1.807) is 55.6 Å². The van der Waals surface area contributed by atoms with Gasteiger partial charge in [-0.2, -0.15) is 0 Å². The second-order valence-electron chi connectivity index (χ2n) is 6.86. The van der Waals surface area contributed by atoms with Gasteiger partial charge in [0.1, 0.15) is 10.6 Å². The summed E-state index contributed by atoms with van der Waals surface area (Å²) in [5.41, 5.74) is 1.41. The zero-order chi connectivity index (χ0) is 22.0. The number of fused-ring (bicyclic) bond motifs is 1. The molecule has 0 fully saturated rings. The predicted octanol–water partition coefficient (Wildman–Crippen LogP) is 4.94. The Morgan fingerprint density at radius 1 is 0.968 bits per heavy atom. The lowest BCUT2D eigenvalue weighted by Crippen LogP contribution is -2.17. The molecule has 2 aromatic heterocycles. The smallest absolute Gasteiger partial charge is 0.265 e. The van der Waals surface area contributed by atoms with Gasteiger partial charge in [-0.15, -0.1) is 11.3 Å². The van der Waals surface area contributed by atoms with Gasteiger partial charge >= 0.3 is 0 Å². The van der Waals surface area contributed by atoms with Crippen molar-refractivity contribution < 1.29 is 14.3 Å². The summed E-state index contributed by atoms with van der Waals surface area (Å²) in [4.78, 5) is 33.5. The first-order chi connectivity index (χ1) is 14.9. The van der Waals surface area contributed by atoms with Crippen molar-refractivity contribution in [3.8, 4) is 5.75 Å². The van der Waals surface area contributed by atoms with Crippen LogP contribution in [0.2, 0.25) is 0 Å². The molecule has 0 aliphatic heterocycles. The summed E-state index contributed by atoms with van der Waals surface area (Å²) < 4.78 is 6.15. The maximum atomic E-state index is 12.8. The number of para-hydroxylation sites is 1. The van der Waals surface area contributed by atoms with E-state index < -0.39 is 0 Å². The third-order valence-electron chi connectivity index (χ3n) is 4.43. The van der Waals surface area contributed by atoms with Crippen LogP contribution in [0, 0.1) is 0 Å². The summed E-state index contributed by atoms with van der Waals surface area (Å²) in [6.07, 6.45) is 0. The number of rotatable bonds is 6. The zero-order valence-corrected chi connectivity index (χ0v) is 18.8. The van der Waals surface area contributed by atoms with Crippen molar-refractivity contribution >= 4 is 60.5 Å². The Morgan fingerprint density at radius 3 is 2.52 bits per heavy atom. The van der Waals surface area contributed by atoms with E-state index in [-0.39, 0.29) is 11.8 Å². The van der Waals surface area contributed by atoms with E-state index in [2.05, 4.69) is 15.6 Å². The van der Waals surface area contributed by atoms with E-state index >= 15 is 0 Å². The van der Waals surface area contributed by atoms with Gasteiger partial charge in [0.15, 0.2) is 5.13 Å². The van der Waals surface area contributed by atoms with E-state index in [1.165, 1.54) is 22.7 Å². The quantitative estimate of drug-likeness (QED) is 0.433. The second-order valence-corrected chi connectivity index (χ2v) is 8.90. The van der Waals surface area contributed by atoms with Gasteiger partial charge in [0.05, 0.1) is 27.9 Å². The third-order valence-corrected chi connectivity index (χ3v) is 6.76. The average molecular weight is 453 g/mol. The monoisotopic (exact) mass is 452 g/mol. The summed E-state index contributed by atoms with van der Waals surface area (Å²) in [5.74, 6) is 0.0416. The van der Waals surface area contributed by atoms with Crippen LogP contribution in [0.15, 0.2) is 54.6 Å². The first kappa shape index (κ1) is 20.8. The normalized spacial score (nSPS) is 10.7. The van der Waals surface area contributed by atoms with Gasteiger partial charge in [-0.1, -0.05) is 29.5 Å². The molecular formula is C22H20N4O3S2. The summed E-state index contributed by atoms with van der Waals surface area (Å²) in [5, 5.41) is 6.59. The van der Waals surface area contributed by atoms with Crippen LogP contribution in [-0.2, 0) is 0 Å². The predicted molar refractivity (Wildman–Crippen MR) is 127 cm³/mol. The van der Waals surface area contributed by atoms with Crippen molar-refractivity contribution in [2.24, 2.45) is 0 Å². The van der Waals surface area contributed by atoms with Crippen LogP contribution in [-0.4, -0.2) is 38.0 Å². The van der Waals surface area contributed by atoms with Crippen molar-refractivity contribution in [3.05, 3.63) is 65.0 Å². The van der Waals surface area contributed by atoms with Crippen molar-refractivity contribution in [3.63, 3.8) is 0 Å². The molecule has 31 heavy (non-hydrogen) atoms. The number of thiazole rings is 1. The van der Waals surface area contributed by atoms with Crippen LogP contribution in [0.5, 0.6) is 5.75 Å². The number of aromatic nitrogens is 1. The molecule has 0 saturated carbocycles. The number of benzene rings is 2. The SMILES string of the molecule is COc1cccc(NC(=O)c2ccccc2NC(=O)c2cc3sc(N(C)C)nc3s2)c1. The number of thiophene rings is 1. The summed E-state index contributed by atoms with van der Waals surface area (Å²) in [7, 11) is 5.43. The fraction of sp³-hybridized carbons (Fsp3) is 0.136. The first-order valence-electron chi connectivity index (χ1n) is 9.38. The molecule has 0 saturated heterocycles. The highest BCUT2D eigenvalue weighted by atomic mass is 32.1. The maximum Gasteiger partial charge on any atom is 0.265 e. The number of ether oxygens (including phenoxy) is 1. The summed E-state index contributed by atoms with van der Waals surface area (Å²) in [6.45, 7) is 0. The van der Waals surface area contributed by atoms with Gasteiger partial charge < -0.3 is 20.3 Å². The minimum Gasteiger partial charge on any atom is -0.497 e. The number of carbonyl (C=O) groups is 2. The molecule has 4 aromatic rings. The fourth-order valence-electron chi connectivity index (χ4n) is 2.90.